The summed E-state index contributed by atoms with van der Waals surface area (Å²) in [7, 11) is 0. The number of benzene rings is 2. The minimum absolute atomic E-state index is 0.0767. The Morgan fingerprint density at radius 1 is 1.08 bits per heavy atom. The standard InChI is InChI=1S/C26H27F6N3O2S/c1-38-19-7-8-22(24(15-19)37-26(30,31)32)33-11-3-4-18-14-20-21(34-17-9-12-36-13-10-17)5-2-6-23(20)35(18)16-25(27,28)29/h2,5-8,15,17-18,33-34H,9-14,16H2,1H3. The van der Waals surface area contributed by atoms with Gasteiger partial charge in [-0.15, -0.1) is 24.9 Å². The lowest BCUT2D eigenvalue weighted by molar-refractivity contribution is -0.274. The van der Waals surface area contributed by atoms with Gasteiger partial charge in [0.2, 0.25) is 0 Å². The fraction of sp³-hybridized carbons (Fsp3) is 0.462. The van der Waals surface area contributed by atoms with Gasteiger partial charge < -0.3 is 25.0 Å². The molecule has 0 aromatic heterocycles. The largest absolute Gasteiger partial charge is 0.573 e. The van der Waals surface area contributed by atoms with Crippen LogP contribution in [-0.4, -0.2) is 57.2 Å². The van der Waals surface area contributed by atoms with Gasteiger partial charge in [0.25, 0.3) is 0 Å². The summed E-state index contributed by atoms with van der Waals surface area (Å²) in [6.45, 7) is 0.0212. The molecule has 0 radical (unpaired) electrons. The maximum atomic E-state index is 13.5. The van der Waals surface area contributed by atoms with Crippen LogP contribution >= 0.6 is 11.8 Å². The first-order valence-electron chi connectivity index (χ1n) is 12.0. The highest BCUT2D eigenvalue weighted by atomic mass is 32.2. The van der Waals surface area contributed by atoms with E-state index in [2.05, 4.69) is 27.2 Å². The van der Waals surface area contributed by atoms with Crippen LogP contribution in [0.25, 0.3) is 0 Å². The number of nitrogens with zero attached hydrogens (tertiary/aromatic N) is 1. The van der Waals surface area contributed by atoms with Crippen LogP contribution in [0.15, 0.2) is 41.3 Å². The zero-order valence-corrected chi connectivity index (χ0v) is 21.3. The average Bonchev–Trinajstić information content (AvgIpc) is 3.19. The Hall–Kier alpha value is -2.91. The minimum Gasteiger partial charge on any atom is -0.404 e. The number of nitrogens with one attached hydrogen (secondary N) is 2. The fourth-order valence-electron chi connectivity index (χ4n) is 4.54. The third-order valence-electron chi connectivity index (χ3n) is 6.22. The molecule has 2 N–H and O–H groups in total. The van der Waals surface area contributed by atoms with Crippen molar-refractivity contribution in [3.63, 3.8) is 0 Å². The second-order valence-electron chi connectivity index (χ2n) is 8.88. The topological polar surface area (TPSA) is 45.8 Å². The van der Waals surface area contributed by atoms with Crippen LogP contribution in [0.5, 0.6) is 5.75 Å². The molecule has 5 nitrogen and oxygen atoms in total. The van der Waals surface area contributed by atoms with Gasteiger partial charge in [-0.25, -0.2) is 0 Å². The fourth-order valence-corrected chi connectivity index (χ4v) is 4.97. The summed E-state index contributed by atoms with van der Waals surface area (Å²) in [6, 6.07) is 9.02. The smallest absolute Gasteiger partial charge is 0.404 e. The van der Waals surface area contributed by atoms with E-state index in [1.165, 1.54) is 28.8 Å². The summed E-state index contributed by atoms with van der Waals surface area (Å²) in [5, 5.41) is 6.24. The van der Waals surface area contributed by atoms with Gasteiger partial charge in [0.1, 0.15) is 6.54 Å². The lowest BCUT2D eigenvalue weighted by atomic mass is 10.0. The Morgan fingerprint density at radius 3 is 2.53 bits per heavy atom. The van der Waals surface area contributed by atoms with Gasteiger partial charge in [-0.2, -0.15) is 13.2 Å². The Morgan fingerprint density at radius 2 is 1.84 bits per heavy atom. The predicted octanol–water partition coefficient (Wildman–Crippen LogP) is 6.31. The van der Waals surface area contributed by atoms with E-state index in [1.54, 1.807) is 24.5 Å². The van der Waals surface area contributed by atoms with Crippen LogP contribution in [0, 0.1) is 11.8 Å². The molecule has 1 atom stereocenters. The molecule has 2 aromatic carbocycles. The number of alkyl halides is 6. The number of fused-ring (bicyclic) bond motifs is 1. The number of hydrogen-bond donors (Lipinski definition) is 2. The number of thioether (sulfide) groups is 1. The molecule has 0 saturated carbocycles. The van der Waals surface area contributed by atoms with E-state index in [0.717, 1.165) is 24.1 Å². The molecule has 12 heteroatoms. The summed E-state index contributed by atoms with van der Waals surface area (Å²) >= 11 is 1.26. The molecule has 1 saturated heterocycles. The van der Waals surface area contributed by atoms with E-state index in [9.17, 15) is 26.3 Å². The van der Waals surface area contributed by atoms with Gasteiger partial charge in [0, 0.05) is 47.5 Å². The molecule has 2 aliphatic heterocycles. The van der Waals surface area contributed by atoms with Crippen molar-refractivity contribution in [3.8, 4) is 17.6 Å². The van der Waals surface area contributed by atoms with E-state index in [-0.39, 0.29) is 24.7 Å². The first kappa shape index (κ1) is 28.1. The quantitative estimate of drug-likeness (QED) is 0.236. The molecule has 2 heterocycles. The minimum atomic E-state index is -4.87. The molecule has 1 fully saturated rings. The molecular formula is C26H27F6N3O2S. The second-order valence-corrected chi connectivity index (χ2v) is 9.76. The highest BCUT2D eigenvalue weighted by Gasteiger charge is 2.39. The lowest BCUT2D eigenvalue weighted by Gasteiger charge is -2.26. The third kappa shape index (κ3) is 7.57. The number of hydrogen-bond acceptors (Lipinski definition) is 6. The Labute approximate surface area is 221 Å². The number of ether oxygens (including phenoxy) is 2. The van der Waals surface area contributed by atoms with E-state index in [4.69, 9.17) is 4.74 Å². The van der Waals surface area contributed by atoms with E-state index in [0.29, 0.717) is 23.8 Å². The van der Waals surface area contributed by atoms with Gasteiger partial charge >= 0.3 is 12.5 Å². The normalized spacial score (nSPS) is 18.0. The van der Waals surface area contributed by atoms with Crippen molar-refractivity contribution in [2.45, 2.75) is 48.8 Å². The number of anilines is 3. The van der Waals surface area contributed by atoms with Crippen molar-refractivity contribution in [1.29, 1.82) is 0 Å². The van der Waals surface area contributed by atoms with Gasteiger partial charge in [0.05, 0.1) is 18.3 Å². The van der Waals surface area contributed by atoms with Crippen LogP contribution < -0.4 is 20.3 Å². The first-order chi connectivity index (χ1) is 18.0. The molecule has 2 aliphatic rings. The summed E-state index contributed by atoms with van der Waals surface area (Å²) in [5.41, 5.74) is 2.11. The molecule has 2 aromatic rings. The number of rotatable bonds is 7. The van der Waals surface area contributed by atoms with Crippen molar-refractivity contribution in [3.05, 3.63) is 42.0 Å². The monoisotopic (exact) mass is 559 g/mol. The van der Waals surface area contributed by atoms with Gasteiger partial charge in [-0.3, -0.25) is 0 Å². The van der Waals surface area contributed by atoms with Crippen molar-refractivity contribution in [2.75, 3.05) is 48.1 Å². The van der Waals surface area contributed by atoms with Gasteiger partial charge in [0.15, 0.2) is 5.75 Å². The highest BCUT2D eigenvalue weighted by Crippen LogP contribution is 2.39. The Kier molecular flexibility index (Phi) is 8.78. The summed E-state index contributed by atoms with van der Waals surface area (Å²) in [5.74, 6) is 5.29. The molecular weight excluding hydrogens is 532 g/mol. The van der Waals surface area contributed by atoms with Crippen LogP contribution in [-0.2, 0) is 11.2 Å². The SMILES string of the molecule is CSc1ccc(NCC#CC2Cc3c(NC4CCOCC4)cccc3N2CC(F)(F)F)c(OC(F)(F)F)c1. The maximum absolute atomic E-state index is 13.5. The number of halogens is 6. The maximum Gasteiger partial charge on any atom is 0.573 e. The highest BCUT2D eigenvalue weighted by molar-refractivity contribution is 7.98. The zero-order chi connectivity index (χ0) is 27.3. The van der Waals surface area contributed by atoms with Crippen molar-refractivity contribution >= 4 is 28.8 Å². The van der Waals surface area contributed by atoms with E-state index in [1.807, 2.05) is 6.07 Å². The molecule has 4 rings (SSSR count). The first-order valence-corrected chi connectivity index (χ1v) is 13.2. The lowest BCUT2D eigenvalue weighted by Crippen LogP contribution is -2.39. The van der Waals surface area contributed by atoms with Gasteiger partial charge in [-0.05, 0) is 49.4 Å². The summed E-state index contributed by atoms with van der Waals surface area (Å²) in [4.78, 5) is 1.82. The molecule has 38 heavy (non-hydrogen) atoms. The summed E-state index contributed by atoms with van der Waals surface area (Å²) < 4.78 is 88.4. The Balaban J connectivity index is 1.50. The molecule has 0 amide bonds. The zero-order valence-electron chi connectivity index (χ0n) is 20.5. The van der Waals surface area contributed by atoms with Gasteiger partial charge in [-0.1, -0.05) is 17.9 Å². The molecule has 0 spiro atoms. The summed E-state index contributed by atoms with van der Waals surface area (Å²) in [6.07, 6.45) is -5.68. The van der Waals surface area contributed by atoms with Crippen molar-refractivity contribution in [1.82, 2.24) is 0 Å². The molecule has 1 unspecified atom stereocenters. The van der Waals surface area contributed by atoms with Crippen LogP contribution in [0.3, 0.4) is 0 Å². The second kappa shape index (κ2) is 11.9. The average molecular weight is 560 g/mol. The van der Waals surface area contributed by atoms with Crippen molar-refractivity contribution < 1.29 is 35.8 Å². The predicted molar refractivity (Wildman–Crippen MR) is 136 cm³/mol. The third-order valence-corrected chi connectivity index (χ3v) is 6.94. The van der Waals surface area contributed by atoms with Crippen LogP contribution in [0.1, 0.15) is 18.4 Å². The molecule has 0 aliphatic carbocycles. The van der Waals surface area contributed by atoms with Crippen molar-refractivity contribution in [2.24, 2.45) is 0 Å². The molecule has 206 valence electrons. The van der Waals surface area contributed by atoms with E-state index >= 15 is 0 Å². The van der Waals surface area contributed by atoms with E-state index < -0.39 is 30.9 Å². The Bertz CT molecular complexity index is 1170. The van der Waals surface area contributed by atoms with Crippen LogP contribution in [0.2, 0.25) is 0 Å². The molecule has 0 bridgehead atoms. The van der Waals surface area contributed by atoms with Crippen LogP contribution in [0.4, 0.5) is 43.4 Å².